The molecule has 2 atom stereocenters. The first-order valence-corrected chi connectivity index (χ1v) is 7.53. The van der Waals surface area contributed by atoms with Crippen LogP contribution in [0.25, 0.3) is 0 Å². The van der Waals surface area contributed by atoms with Gasteiger partial charge in [0.05, 0.1) is 0 Å². The molecule has 3 rings (SSSR count). The molecule has 1 N–H and O–H groups in total. The van der Waals surface area contributed by atoms with E-state index in [-0.39, 0.29) is 5.82 Å². The average Bonchev–Trinajstić information content (AvgIpc) is 3.03. The van der Waals surface area contributed by atoms with E-state index in [1.165, 1.54) is 31.7 Å². The maximum Gasteiger partial charge on any atom is 0.123 e. The van der Waals surface area contributed by atoms with Crippen LogP contribution in [0.4, 0.5) is 4.39 Å². The number of rotatable bonds is 3. The van der Waals surface area contributed by atoms with Gasteiger partial charge in [0.15, 0.2) is 0 Å². The topological polar surface area (TPSA) is 15.3 Å². The number of likely N-dealkylation sites (tertiary alicyclic amines) is 1. The zero-order chi connectivity index (χ0) is 13.2. The lowest BCUT2D eigenvalue weighted by atomic mass is 10.0. The van der Waals surface area contributed by atoms with E-state index >= 15 is 0 Å². The molecule has 0 aliphatic carbocycles. The minimum atomic E-state index is -0.200. The maximum atomic E-state index is 13.3. The van der Waals surface area contributed by atoms with Gasteiger partial charge in [0, 0.05) is 23.7 Å². The van der Waals surface area contributed by atoms with Gasteiger partial charge < -0.3 is 5.32 Å². The molecule has 0 amide bonds. The third kappa shape index (κ3) is 2.93. The summed E-state index contributed by atoms with van der Waals surface area (Å²) in [5, 5.41) is 4.26. The second-order valence-electron chi connectivity index (χ2n) is 5.62. The van der Waals surface area contributed by atoms with Crippen molar-refractivity contribution in [2.75, 3.05) is 13.1 Å². The van der Waals surface area contributed by atoms with Crippen molar-refractivity contribution in [3.63, 3.8) is 0 Å². The Kier molecular flexibility index (Phi) is 4.06. The summed E-state index contributed by atoms with van der Waals surface area (Å²) in [4.78, 5) is 2.46. The SMILES string of the molecule is Fc1ccc(Cl)c(CN2CCCC2C2CCCN2)c1. The molecule has 1 aromatic rings. The Hall–Kier alpha value is -0.640. The number of nitrogens with zero attached hydrogens (tertiary/aromatic N) is 1. The van der Waals surface area contributed by atoms with Gasteiger partial charge in [0.2, 0.25) is 0 Å². The molecule has 0 aromatic heterocycles. The Morgan fingerprint density at radius 1 is 1.32 bits per heavy atom. The average molecular weight is 283 g/mol. The Balaban J connectivity index is 1.72. The molecule has 0 spiro atoms. The van der Waals surface area contributed by atoms with Gasteiger partial charge in [-0.3, -0.25) is 4.90 Å². The smallest absolute Gasteiger partial charge is 0.123 e. The molecule has 1 aromatic carbocycles. The zero-order valence-corrected chi connectivity index (χ0v) is 11.8. The van der Waals surface area contributed by atoms with E-state index in [0.29, 0.717) is 17.1 Å². The third-order valence-corrected chi connectivity index (χ3v) is 4.73. The van der Waals surface area contributed by atoms with Crippen LogP contribution in [-0.4, -0.2) is 30.1 Å². The van der Waals surface area contributed by atoms with Crippen molar-refractivity contribution in [3.8, 4) is 0 Å². The van der Waals surface area contributed by atoms with E-state index < -0.39 is 0 Å². The van der Waals surface area contributed by atoms with Crippen molar-refractivity contribution in [1.29, 1.82) is 0 Å². The number of hydrogen-bond donors (Lipinski definition) is 1. The summed E-state index contributed by atoms with van der Waals surface area (Å²) in [5.74, 6) is -0.200. The van der Waals surface area contributed by atoms with E-state index in [4.69, 9.17) is 11.6 Å². The molecule has 2 unspecified atom stereocenters. The first-order chi connectivity index (χ1) is 9.24. The molecule has 2 saturated heterocycles. The number of hydrogen-bond acceptors (Lipinski definition) is 2. The van der Waals surface area contributed by atoms with Gasteiger partial charge in [0.1, 0.15) is 5.82 Å². The normalized spacial score (nSPS) is 28.1. The fourth-order valence-corrected chi connectivity index (χ4v) is 3.60. The maximum absolute atomic E-state index is 13.3. The number of nitrogens with one attached hydrogen (secondary N) is 1. The largest absolute Gasteiger partial charge is 0.312 e. The predicted octanol–water partition coefficient (Wildman–Crippen LogP) is 3.20. The number of benzene rings is 1. The quantitative estimate of drug-likeness (QED) is 0.916. The van der Waals surface area contributed by atoms with Crippen molar-refractivity contribution in [1.82, 2.24) is 10.2 Å². The van der Waals surface area contributed by atoms with Crippen LogP contribution >= 0.6 is 11.6 Å². The fraction of sp³-hybridized carbons (Fsp3) is 0.600. The minimum Gasteiger partial charge on any atom is -0.312 e. The molecular weight excluding hydrogens is 263 g/mol. The fourth-order valence-electron chi connectivity index (χ4n) is 3.43. The standard InChI is InChI=1S/C15H20ClFN2/c16-13-6-5-12(17)9-11(13)10-19-8-2-4-15(19)14-3-1-7-18-14/h5-6,9,14-15,18H,1-4,7-8,10H2. The van der Waals surface area contributed by atoms with Crippen LogP contribution in [0.2, 0.25) is 5.02 Å². The van der Waals surface area contributed by atoms with Gasteiger partial charge in [-0.1, -0.05) is 11.6 Å². The summed E-state index contributed by atoms with van der Waals surface area (Å²) in [5.41, 5.74) is 0.909. The van der Waals surface area contributed by atoms with Crippen LogP contribution in [0.15, 0.2) is 18.2 Å². The highest BCUT2D eigenvalue weighted by atomic mass is 35.5. The van der Waals surface area contributed by atoms with Crippen molar-refractivity contribution in [3.05, 3.63) is 34.6 Å². The summed E-state index contributed by atoms with van der Waals surface area (Å²) >= 11 is 6.17. The van der Waals surface area contributed by atoms with Gasteiger partial charge >= 0.3 is 0 Å². The van der Waals surface area contributed by atoms with Crippen LogP contribution in [0.5, 0.6) is 0 Å². The van der Waals surface area contributed by atoms with Gasteiger partial charge in [-0.2, -0.15) is 0 Å². The Bertz CT molecular complexity index is 446. The molecule has 104 valence electrons. The molecule has 2 fully saturated rings. The van der Waals surface area contributed by atoms with Gasteiger partial charge in [-0.05, 0) is 62.5 Å². The van der Waals surface area contributed by atoms with Crippen LogP contribution in [0.1, 0.15) is 31.2 Å². The highest BCUT2D eigenvalue weighted by molar-refractivity contribution is 6.31. The molecule has 0 bridgehead atoms. The Morgan fingerprint density at radius 2 is 2.21 bits per heavy atom. The molecule has 2 nitrogen and oxygen atoms in total. The molecule has 2 aliphatic rings. The zero-order valence-electron chi connectivity index (χ0n) is 11.0. The van der Waals surface area contributed by atoms with E-state index in [1.807, 2.05) is 0 Å². The molecule has 0 radical (unpaired) electrons. The van der Waals surface area contributed by atoms with Crippen molar-refractivity contribution < 1.29 is 4.39 Å². The lowest BCUT2D eigenvalue weighted by molar-refractivity contribution is 0.206. The first kappa shape index (κ1) is 13.3. The summed E-state index contributed by atoms with van der Waals surface area (Å²) in [6.07, 6.45) is 5.01. The Labute approximate surface area is 118 Å². The van der Waals surface area contributed by atoms with E-state index in [1.54, 1.807) is 12.1 Å². The highest BCUT2D eigenvalue weighted by Gasteiger charge is 2.33. The molecule has 2 aliphatic heterocycles. The second-order valence-corrected chi connectivity index (χ2v) is 6.03. The lowest BCUT2D eigenvalue weighted by Gasteiger charge is -2.29. The van der Waals surface area contributed by atoms with Gasteiger partial charge in [-0.15, -0.1) is 0 Å². The van der Waals surface area contributed by atoms with Crippen molar-refractivity contribution in [2.45, 2.75) is 44.3 Å². The van der Waals surface area contributed by atoms with Crippen LogP contribution < -0.4 is 5.32 Å². The van der Waals surface area contributed by atoms with E-state index in [9.17, 15) is 4.39 Å². The highest BCUT2D eigenvalue weighted by Crippen LogP contribution is 2.28. The van der Waals surface area contributed by atoms with Gasteiger partial charge in [0.25, 0.3) is 0 Å². The van der Waals surface area contributed by atoms with E-state index in [2.05, 4.69) is 10.2 Å². The van der Waals surface area contributed by atoms with Crippen LogP contribution in [-0.2, 0) is 6.54 Å². The summed E-state index contributed by atoms with van der Waals surface area (Å²) < 4.78 is 13.3. The van der Waals surface area contributed by atoms with Crippen LogP contribution in [0.3, 0.4) is 0 Å². The molecule has 0 saturated carbocycles. The molecule has 4 heteroatoms. The molecule has 2 heterocycles. The van der Waals surface area contributed by atoms with Gasteiger partial charge in [-0.25, -0.2) is 4.39 Å². The summed E-state index contributed by atoms with van der Waals surface area (Å²) in [6, 6.07) is 5.84. The lowest BCUT2D eigenvalue weighted by Crippen LogP contribution is -2.43. The Morgan fingerprint density at radius 3 is 3.00 bits per heavy atom. The summed E-state index contributed by atoms with van der Waals surface area (Å²) in [6.45, 7) is 2.99. The van der Waals surface area contributed by atoms with Crippen molar-refractivity contribution in [2.24, 2.45) is 0 Å². The third-order valence-electron chi connectivity index (χ3n) is 4.36. The molecule has 19 heavy (non-hydrogen) atoms. The predicted molar refractivity (Wildman–Crippen MR) is 75.9 cm³/mol. The monoisotopic (exact) mass is 282 g/mol. The second kappa shape index (κ2) is 5.78. The minimum absolute atomic E-state index is 0.200. The van der Waals surface area contributed by atoms with E-state index in [0.717, 1.165) is 25.2 Å². The van der Waals surface area contributed by atoms with Crippen LogP contribution in [0, 0.1) is 5.82 Å². The first-order valence-electron chi connectivity index (χ1n) is 7.15. The number of halogens is 2. The molecular formula is C15H20ClFN2. The summed E-state index contributed by atoms with van der Waals surface area (Å²) in [7, 11) is 0. The van der Waals surface area contributed by atoms with Crippen molar-refractivity contribution >= 4 is 11.6 Å².